The van der Waals surface area contributed by atoms with Crippen LogP contribution in [0.2, 0.25) is 0 Å². The molecule has 0 fully saturated rings. The predicted octanol–water partition coefficient (Wildman–Crippen LogP) is 4.25. The van der Waals surface area contributed by atoms with Gasteiger partial charge in [-0.15, -0.1) is 16.4 Å². The summed E-state index contributed by atoms with van der Waals surface area (Å²) in [7, 11) is 32.1. The molecule has 0 bridgehead atoms. The molecule has 0 saturated carbocycles. The maximum atomic E-state index is 6.59. The molecule has 0 aliphatic heterocycles. The summed E-state index contributed by atoms with van der Waals surface area (Å²) in [5, 5.41) is 2.17. The van der Waals surface area contributed by atoms with E-state index in [0.29, 0.717) is 17.3 Å². The number of rotatable bonds is 4. The van der Waals surface area contributed by atoms with Crippen molar-refractivity contribution in [1.29, 1.82) is 0 Å². The second-order valence-corrected chi connectivity index (χ2v) is 13.6. The molecule has 0 amide bonds. The first-order valence-electron chi connectivity index (χ1n) is 16.7. The summed E-state index contributed by atoms with van der Waals surface area (Å²) < 4.78 is 2.09. The number of aromatic nitrogens is 4. The third kappa shape index (κ3) is 4.71. The smallest absolute Gasteiger partial charge is 0.238 e. The summed E-state index contributed by atoms with van der Waals surface area (Å²) in [5.41, 5.74) is 10.7. The number of fused-ring (bicyclic) bond motifs is 6. The molecule has 0 atom stereocenters. The van der Waals surface area contributed by atoms with Gasteiger partial charge in [-0.05, 0) is 51.6 Å². The predicted molar refractivity (Wildman–Crippen MR) is 215 cm³/mol. The minimum Gasteiger partial charge on any atom is -0.278 e. The SMILES string of the molecule is [B]c1c([B])c([B])c(-c2nc(-c3ccc(-c4ccccc4)cc3)nc(-n3c4ccccc4c4cc5c(cc43)C(C)(C)c3ccccc3-5)n2)c([B])c1[B]. The van der Waals surface area contributed by atoms with Crippen LogP contribution in [0.4, 0.5) is 0 Å². The molecular weight excluding hydrogens is 615 g/mol. The van der Waals surface area contributed by atoms with Gasteiger partial charge in [0, 0.05) is 27.3 Å². The van der Waals surface area contributed by atoms with E-state index in [9.17, 15) is 0 Å². The largest absolute Gasteiger partial charge is 0.278 e. The molecule has 1 aliphatic carbocycles. The van der Waals surface area contributed by atoms with Gasteiger partial charge in [-0.1, -0.05) is 122 Å². The van der Waals surface area contributed by atoms with Crippen molar-refractivity contribution in [3.63, 3.8) is 0 Å². The van der Waals surface area contributed by atoms with Crippen molar-refractivity contribution in [3.8, 4) is 51.0 Å². The van der Waals surface area contributed by atoms with E-state index in [1.54, 1.807) is 0 Å². The summed E-state index contributed by atoms with van der Waals surface area (Å²) in [4.78, 5) is 15.1. The van der Waals surface area contributed by atoms with Crippen molar-refractivity contribution in [2.75, 3.05) is 0 Å². The molecule has 51 heavy (non-hydrogen) atoms. The molecule has 4 nitrogen and oxygen atoms in total. The Kier molecular flexibility index (Phi) is 7.09. The van der Waals surface area contributed by atoms with E-state index in [1.165, 1.54) is 22.3 Å². The van der Waals surface area contributed by atoms with Crippen LogP contribution in [0, 0.1) is 0 Å². The number of benzene rings is 6. The van der Waals surface area contributed by atoms with Crippen LogP contribution in [-0.4, -0.2) is 58.8 Å². The Labute approximate surface area is 303 Å². The number of hydrogen-bond donors (Lipinski definition) is 0. The van der Waals surface area contributed by atoms with Gasteiger partial charge in [0.15, 0.2) is 11.6 Å². The topological polar surface area (TPSA) is 43.6 Å². The Bertz CT molecular complexity index is 2690. The summed E-state index contributed by atoms with van der Waals surface area (Å²) in [6.45, 7) is 4.55. The van der Waals surface area contributed by atoms with Gasteiger partial charge < -0.3 is 0 Å². The normalized spacial score (nSPS) is 13.1. The highest BCUT2D eigenvalue weighted by atomic mass is 15.2. The van der Waals surface area contributed by atoms with Gasteiger partial charge in [0.1, 0.15) is 39.2 Å². The monoisotopic (exact) mass is 640 g/mol. The van der Waals surface area contributed by atoms with E-state index in [0.717, 1.165) is 38.5 Å². The van der Waals surface area contributed by atoms with E-state index >= 15 is 0 Å². The lowest BCUT2D eigenvalue weighted by Gasteiger charge is -2.22. The molecular formula is C42H25B5N4. The van der Waals surface area contributed by atoms with Gasteiger partial charge in [-0.3, -0.25) is 4.57 Å². The van der Waals surface area contributed by atoms with Crippen LogP contribution >= 0.6 is 0 Å². The van der Waals surface area contributed by atoms with E-state index in [-0.39, 0.29) is 38.6 Å². The van der Waals surface area contributed by atoms with Gasteiger partial charge in [0.05, 0.1) is 11.0 Å². The average Bonchev–Trinajstić information content (AvgIpc) is 3.60. The van der Waals surface area contributed by atoms with E-state index < -0.39 is 0 Å². The van der Waals surface area contributed by atoms with Gasteiger partial charge in [0.25, 0.3) is 0 Å². The highest BCUT2D eigenvalue weighted by Gasteiger charge is 2.36. The van der Waals surface area contributed by atoms with Crippen LogP contribution in [0.15, 0.2) is 115 Å². The summed E-state index contributed by atoms with van der Waals surface area (Å²) in [5.74, 6) is 1.06. The summed E-state index contributed by atoms with van der Waals surface area (Å²) in [6.07, 6.45) is 0. The van der Waals surface area contributed by atoms with Crippen LogP contribution in [-0.2, 0) is 5.41 Å². The first-order valence-corrected chi connectivity index (χ1v) is 16.7. The quantitative estimate of drug-likeness (QED) is 0.271. The molecule has 228 valence electrons. The molecule has 9 rings (SSSR count). The third-order valence-electron chi connectivity index (χ3n) is 10.4. The second-order valence-electron chi connectivity index (χ2n) is 13.6. The van der Waals surface area contributed by atoms with Crippen LogP contribution in [0.5, 0.6) is 0 Å². The molecule has 2 heterocycles. The fourth-order valence-corrected chi connectivity index (χ4v) is 7.62. The molecule has 10 radical (unpaired) electrons. The van der Waals surface area contributed by atoms with Crippen molar-refractivity contribution in [1.82, 2.24) is 19.5 Å². The van der Waals surface area contributed by atoms with E-state index in [2.05, 4.69) is 97.3 Å². The molecule has 0 unspecified atom stereocenters. The van der Waals surface area contributed by atoms with E-state index in [4.69, 9.17) is 54.2 Å². The standard InChI is InChI=1S/C42H25B5N4/c1-42(2)29-14-8-6-12-25(29)27-20-28-26-13-7-9-15-31(26)51(32(28)21-30(27)42)41-49-39(24-18-16-23(17-19-24)22-10-4-3-5-11-22)48-40(50-41)33-34(43)36(45)38(47)37(46)35(33)44/h3-21H,1-2H3. The molecule has 9 heteroatoms. The molecule has 8 aromatic rings. The average molecular weight is 640 g/mol. The van der Waals surface area contributed by atoms with Crippen molar-refractivity contribution in [2.45, 2.75) is 19.3 Å². The van der Waals surface area contributed by atoms with Gasteiger partial charge >= 0.3 is 0 Å². The minimum absolute atomic E-state index is 0.125. The Hall–Kier alpha value is -5.55. The van der Waals surface area contributed by atoms with Gasteiger partial charge in [-0.25, -0.2) is 4.98 Å². The maximum Gasteiger partial charge on any atom is 0.238 e. The van der Waals surface area contributed by atoms with Crippen molar-refractivity contribution < 1.29 is 0 Å². The minimum atomic E-state index is -0.209. The van der Waals surface area contributed by atoms with Crippen molar-refractivity contribution in [3.05, 3.63) is 126 Å². The third-order valence-corrected chi connectivity index (χ3v) is 10.4. The summed E-state index contributed by atoms with van der Waals surface area (Å²) in [6, 6.07) is 39.8. The lowest BCUT2D eigenvalue weighted by atomic mass is 9.60. The number of hydrogen-bond acceptors (Lipinski definition) is 3. The lowest BCUT2D eigenvalue weighted by molar-refractivity contribution is 0.661. The first-order chi connectivity index (χ1) is 24.6. The zero-order valence-corrected chi connectivity index (χ0v) is 28.1. The van der Waals surface area contributed by atoms with Crippen LogP contribution in [0.1, 0.15) is 25.0 Å². The van der Waals surface area contributed by atoms with Crippen LogP contribution in [0.3, 0.4) is 0 Å². The molecule has 0 saturated heterocycles. The molecule has 0 N–H and O–H groups in total. The molecule has 6 aromatic carbocycles. The van der Waals surface area contributed by atoms with E-state index in [1.807, 2.05) is 36.4 Å². The first kappa shape index (κ1) is 31.4. The Morgan fingerprint density at radius 3 is 1.80 bits per heavy atom. The fourth-order valence-electron chi connectivity index (χ4n) is 7.62. The molecule has 2 aromatic heterocycles. The zero-order valence-electron chi connectivity index (χ0n) is 28.1. The summed E-state index contributed by atoms with van der Waals surface area (Å²) >= 11 is 0. The Balaban J connectivity index is 1.33. The lowest BCUT2D eigenvalue weighted by Crippen LogP contribution is -2.55. The van der Waals surface area contributed by atoms with Crippen molar-refractivity contribution >= 4 is 88.4 Å². The van der Waals surface area contributed by atoms with Crippen molar-refractivity contribution in [2.24, 2.45) is 0 Å². The highest BCUT2D eigenvalue weighted by Crippen LogP contribution is 2.50. The van der Waals surface area contributed by atoms with Crippen LogP contribution < -0.4 is 27.3 Å². The highest BCUT2D eigenvalue weighted by molar-refractivity contribution is 6.68. The van der Waals surface area contributed by atoms with Crippen LogP contribution in [0.25, 0.3) is 72.8 Å². The van der Waals surface area contributed by atoms with Gasteiger partial charge in [0.2, 0.25) is 5.95 Å². The Morgan fingerprint density at radius 2 is 1.06 bits per heavy atom. The zero-order chi connectivity index (χ0) is 35.2. The molecule has 0 spiro atoms. The maximum absolute atomic E-state index is 6.59. The second kappa shape index (κ2) is 11.5. The Morgan fingerprint density at radius 1 is 0.471 bits per heavy atom. The van der Waals surface area contributed by atoms with Gasteiger partial charge in [-0.2, -0.15) is 9.97 Å². The fraction of sp³-hybridized carbons (Fsp3) is 0.0714. The number of nitrogens with zero attached hydrogens (tertiary/aromatic N) is 4. The number of para-hydroxylation sites is 1. The molecule has 1 aliphatic rings.